The molecule has 1 aliphatic heterocycles. The van der Waals surface area contributed by atoms with Crippen molar-refractivity contribution in [3.63, 3.8) is 0 Å². The molecule has 1 saturated heterocycles. The lowest BCUT2D eigenvalue weighted by atomic mass is 10.0. The van der Waals surface area contributed by atoms with E-state index < -0.39 is 17.8 Å². The molecule has 3 rings (SSSR count). The van der Waals surface area contributed by atoms with Gasteiger partial charge >= 0.3 is 0 Å². The van der Waals surface area contributed by atoms with E-state index in [1.54, 1.807) is 4.90 Å². The second-order valence-electron chi connectivity index (χ2n) is 5.90. The SMILES string of the molecule is O=C1CNC(c2ccc(F)cc2F)N1C1CCCCCC1. The summed E-state index contributed by atoms with van der Waals surface area (Å²) >= 11 is 0. The second-order valence-corrected chi connectivity index (χ2v) is 5.90. The summed E-state index contributed by atoms with van der Waals surface area (Å²) in [6, 6.07) is 3.72. The van der Waals surface area contributed by atoms with Gasteiger partial charge in [0.05, 0.1) is 6.54 Å². The molecular formula is C16H20F2N2O. The van der Waals surface area contributed by atoms with Crippen LogP contribution in [0, 0.1) is 11.6 Å². The Balaban J connectivity index is 1.87. The Morgan fingerprint density at radius 1 is 1.10 bits per heavy atom. The first-order chi connectivity index (χ1) is 10.2. The van der Waals surface area contributed by atoms with E-state index in [0.717, 1.165) is 31.7 Å². The Morgan fingerprint density at radius 3 is 2.48 bits per heavy atom. The molecule has 5 heteroatoms. The number of halogens is 2. The molecule has 0 bridgehead atoms. The highest BCUT2D eigenvalue weighted by molar-refractivity contribution is 5.81. The third kappa shape index (κ3) is 2.93. The van der Waals surface area contributed by atoms with E-state index in [4.69, 9.17) is 0 Å². The molecule has 2 fully saturated rings. The summed E-state index contributed by atoms with van der Waals surface area (Å²) in [5.41, 5.74) is 0.353. The van der Waals surface area contributed by atoms with Crippen LogP contribution < -0.4 is 5.32 Å². The van der Waals surface area contributed by atoms with Gasteiger partial charge in [-0.2, -0.15) is 0 Å². The third-order valence-corrected chi connectivity index (χ3v) is 4.49. The second kappa shape index (κ2) is 6.10. The lowest BCUT2D eigenvalue weighted by Crippen LogP contribution is -2.39. The maximum atomic E-state index is 14.0. The van der Waals surface area contributed by atoms with Crippen LogP contribution in [-0.2, 0) is 4.79 Å². The van der Waals surface area contributed by atoms with Crippen molar-refractivity contribution in [1.82, 2.24) is 10.2 Å². The number of carbonyl (C=O) groups is 1. The Hall–Kier alpha value is -1.49. The zero-order chi connectivity index (χ0) is 14.8. The zero-order valence-corrected chi connectivity index (χ0v) is 11.9. The van der Waals surface area contributed by atoms with E-state index in [2.05, 4.69) is 5.32 Å². The van der Waals surface area contributed by atoms with Crippen LogP contribution in [0.3, 0.4) is 0 Å². The molecule has 3 nitrogen and oxygen atoms in total. The number of nitrogens with one attached hydrogen (secondary N) is 1. The first-order valence-corrected chi connectivity index (χ1v) is 7.66. The number of rotatable bonds is 2. The van der Waals surface area contributed by atoms with E-state index in [1.165, 1.54) is 25.0 Å². The summed E-state index contributed by atoms with van der Waals surface area (Å²) in [6.07, 6.45) is 6.06. The lowest BCUT2D eigenvalue weighted by molar-refractivity contribution is -0.130. The summed E-state index contributed by atoms with van der Waals surface area (Å²) in [5, 5.41) is 3.06. The molecule has 1 unspecified atom stereocenters. The van der Waals surface area contributed by atoms with Crippen LogP contribution >= 0.6 is 0 Å². The van der Waals surface area contributed by atoms with Crippen LogP contribution in [0.1, 0.15) is 50.3 Å². The van der Waals surface area contributed by atoms with Crippen molar-refractivity contribution in [3.8, 4) is 0 Å². The minimum Gasteiger partial charge on any atom is -0.319 e. The molecule has 114 valence electrons. The molecule has 1 saturated carbocycles. The lowest BCUT2D eigenvalue weighted by Gasteiger charge is -2.32. The monoisotopic (exact) mass is 294 g/mol. The van der Waals surface area contributed by atoms with Gasteiger partial charge in [0.1, 0.15) is 17.8 Å². The van der Waals surface area contributed by atoms with E-state index in [-0.39, 0.29) is 18.5 Å². The third-order valence-electron chi connectivity index (χ3n) is 4.49. The van der Waals surface area contributed by atoms with Gasteiger partial charge in [0.15, 0.2) is 0 Å². The zero-order valence-electron chi connectivity index (χ0n) is 11.9. The van der Waals surface area contributed by atoms with Crippen molar-refractivity contribution in [2.24, 2.45) is 0 Å². The van der Waals surface area contributed by atoms with Crippen molar-refractivity contribution >= 4 is 5.91 Å². The highest BCUT2D eigenvalue weighted by atomic mass is 19.1. The fraction of sp³-hybridized carbons (Fsp3) is 0.562. The fourth-order valence-corrected chi connectivity index (χ4v) is 3.45. The highest BCUT2D eigenvalue weighted by Crippen LogP contribution is 2.32. The minimum atomic E-state index is -0.596. The van der Waals surface area contributed by atoms with Crippen molar-refractivity contribution < 1.29 is 13.6 Å². The predicted octanol–water partition coefficient (Wildman–Crippen LogP) is 3.12. The van der Waals surface area contributed by atoms with Gasteiger partial charge in [0.2, 0.25) is 5.91 Å². The first kappa shape index (κ1) is 14.4. The summed E-state index contributed by atoms with van der Waals surface area (Å²) in [4.78, 5) is 14.0. The van der Waals surface area contributed by atoms with Gasteiger partial charge in [-0.05, 0) is 25.0 Å². The molecule has 1 atom stereocenters. The highest BCUT2D eigenvalue weighted by Gasteiger charge is 2.37. The van der Waals surface area contributed by atoms with E-state index >= 15 is 0 Å². The molecule has 0 aromatic heterocycles. The van der Waals surface area contributed by atoms with Gasteiger partial charge in [-0.15, -0.1) is 0 Å². The molecule has 1 heterocycles. The average molecular weight is 294 g/mol. The molecule has 1 aromatic carbocycles. The Labute approximate surface area is 123 Å². The van der Waals surface area contributed by atoms with E-state index in [0.29, 0.717) is 5.56 Å². The van der Waals surface area contributed by atoms with Gasteiger partial charge < -0.3 is 4.90 Å². The van der Waals surface area contributed by atoms with Crippen molar-refractivity contribution in [1.29, 1.82) is 0 Å². The van der Waals surface area contributed by atoms with Crippen LogP contribution in [0.15, 0.2) is 18.2 Å². The molecule has 0 spiro atoms. The number of nitrogens with zero attached hydrogens (tertiary/aromatic N) is 1. The molecule has 1 aliphatic carbocycles. The molecule has 21 heavy (non-hydrogen) atoms. The Bertz CT molecular complexity index is 527. The molecular weight excluding hydrogens is 274 g/mol. The summed E-state index contributed by atoms with van der Waals surface area (Å²) in [7, 11) is 0. The molecule has 2 aliphatic rings. The molecule has 1 N–H and O–H groups in total. The minimum absolute atomic E-state index is 0.00984. The summed E-state index contributed by atoms with van der Waals surface area (Å²) < 4.78 is 27.1. The number of carbonyl (C=O) groups excluding carboxylic acids is 1. The number of hydrogen-bond donors (Lipinski definition) is 1. The van der Waals surface area contributed by atoms with E-state index in [1.807, 2.05) is 0 Å². The fourth-order valence-electron chi connectivity index (χ4n) is 3.45. The van der Waals surface area contributed by atoms with Crippen molar-refractivity contribution in [3.05, 3.63) is 35.4 Å². The van der Waals surface area contributed by atoms with Gasteiger partial charge in [-0.1, -0.05) is 25.7 Å². The predicted molar refractivity (Wildman–Crippen MR) is 75.4 cm³/mol. The number of amides is 1. The molecule has 0 radical (unpaired) electrons. The van der Waals surface area contributed by atoms with Gasteiger partial charge in [-0.25, -0.2) is 8.78 Å². The maximum absolute atomic E-state index is 14.0. The number of hydrogen-bond acceptors (Lipinski definition) is 2. The largest absolute Gasteiger partial charge is 0.319 e. The summed E-state index contributed by atoms with van der Waals surface area (Å²) in [5.74, 6) is -1.18. The van der Waals surface area contributed by atoms with Gasteiger partial charge in [-0.3, -0.25) is 10.1 Å². The van der Waals surface area contributed by atoms with Crippen LogP contribution in [-0.4, -0.2) is 23.4 Å². The first-order valence-electron chi connectivity index (χ1n) is 7.66. The van der Waals surface area contributed by atoms with Crippen LogP contribution in [0.5, 0.6) is 0 Å². The summed E-state index contributed by atoms with van der Waals surface area (Å²) in [6.45, 7) is 0.220. The van der Waals surface area contributed by atoms with Gasteiger partial charge in [0.25, 0.3) is 0 Å². The molecule has 1 amide bonds. The Kier molecular flexibility index (Phi) is 4.19. The topological polar surface area (TPSA) is 32.3 Å². The number of benzene rings is 1. The molecule has 1 aromatic rings. The van der Waals surface area contributed by atoms with E-state index in [9.17, 15) is 13.6 Å². The average Bonchev–Trinajstić information content (AvgIpc) is 2.67. The van der Waals surface area contributed by atoms with Crippen LogP contribution in [0.2, 0.25) is 0 Å². The smallest absolute Gasteiger partial charge is 0.238 e. The van der Waals surface area contributed by atoms with Crippen molar-refractivity contribution in [2.45, 2.75) is 50.7 Å². The van der Waals surface area contributed by atoms with Gasteiger partial charge in [0, 0.05) is 17.7 Å². The van der Waals surface area contributed by atoms with Crippen molar-refractivity contribution in [2.75, 3.05) is 6.54 Å². The van der Waals surface area contributed by atoms with Crippen LogP contribution in [0.4, 0.5) is 8.78 Å². The Morgan fingerprint density at radius 2 is 1.81 bits per heavy atom. The standard InChI is InChI=1S/C16H20F2N2O/c17-11-7-8-13(14(18)9-11)16-19-10-15(21)20(16)12-5-3-1-2-4-6-12/h7-9,12,16,19H,1-6,10H2. The van der Waals surface area contributed by atoms with Crippen LogP contribution in [0.25, 0.3) is 0 Å². The normalized spacial score (nSPS) is 24.4. The quantitative estimate of drug-likeness (QED) is 0.850. The maximum Gasteiger partial charge on any atom is 0.238 e.